The number of nitrogens with one attached hydrogen (secondary N) is 1. The molecule has 0 bridgehead atoms. The molecule has 0 saturated carbocycles. The lowest BCUT2D eigenvalue weighted by Crippen LogP contribution is -2.40. The molecule has 1 N–H and O–H groups in total. The van der Waals surface area contributed by atoms with E-state index in [2.05, 4.69) is 5.32 Å². The van der Waals surface area contributed by atoms with Gasteiger partial charge in [0, 0.05) is 17.8 Å². The summed E-state index contributed by atoms with van der Waals surface area (Å²) >= 11 is 0. The van der Waals surface area contributed by atoms with Crippen molar-refractivity contribution in [3.05, 3.63) is 87.3 Å². The maximum Gasteiger partial charge on any atom is 0.336 e. The molecule has 0 fully saturated rings. The second-order valence-electron chi connectivity index (χ2n) is 7.49. The second-order valence-corrected chi connectivity index (χ2v) is 7.49. The van der Waals surface area contributed by atoms with Gasteiger partial charge < -0.3 is 19.5 Å². The van der Waals surface area contributed by atoms with Gasteiger partial charge in [-0.25, -0.2) is 13.8 Å². The fourth-order valence-electron chi connectivity index (χ4n) is 3.70. The van der Waals surface area contributed by atoms with E-state index in [-0.39, 0.29) is 28.1 Å². The van der Waals surface area contributed by atoms with E-state index < -0.39 is 29.5 Å². The zero-order chi connectivity index (χ0) is 25.1. The molecular weight excluding hydrogens is 457 g/mol. The summed E-state index contributed by atoms with van der Waals surface area (Å²) in [4.78, 5) is 39.9. The van der Waals surface area contributed by atoms with Gasteiger partial charge in [0.25, 0.3) is 5.56 Å². The van der Waals surface area contributed by atoms with Crippen LogP contribution in [0.2, 0.25) is 0 Å². The predicted molar refractivity (Wildman–Crippen MR) is 128 cm³/mol. The van der Waals surface area contributed by atoms with Crippen LogP contribution in [0, 0.1) is 5.82 Å². The smallest absolute Gasteiger partial charge is 0.336 e. The Kier molecular flexibility index (Phi) is 6.54. The van der Waals surface area contributed by atoms with E-state index in [1.807, 2.05) is 0 Å². The standard InChI is InChI=1S/C25H22FN3O6/c1-33-18-6-4-5-17(11-18)29-24(31)19-12-21(34-2)22(35-3)13-20(19)28(25(29)32)14-23(30)27-16-9-7-15(26)8-10-16/h4-13H,14H2,1-3H3,(H,27,30). The number of aromatic nitrogens is 2. The van der Waals surface area contributed by atoms with Crippen LogP contribution in [0.3, 0.4) is 0 Å². The zero-order valence-electron chi connectivity index (χ0n) is 19.2. The van der Waals surface area contributed by atoms with Crippen LogP contribution in [0.5, 0.6) is 17.2 Å². The normalized spacial score (nSPS) is 10.7. The van der Waals surface area contributed by atoms with Crippen LogP contribution in [0.25, 0.3) is 16.6 Å². The third-order valence-electron chi connectivity index (χ3n) is 5.39. The Bertz CT molecular complexity index is 1530. The average molecular weight is 479 g/mol. The molecule has 0 saturated heterocycles. The molecule has 1 aromatic heterocycles. The summed E-state index contributed by atoms with van der Waals surface area (Å²) in [5.74, 6) is 0.0185. The summed E-state index contributed by atoms with van der Waals surface area (Å²) in [6, 6.07) is 14.6. The number of ether oxygens (including phenoxy) is 3. The fraction of sp³-hybridized carbons (Fsp3) is 0.160. The Morgan fingerprint density at radius 2 is 1.60 bits per heavy atom. The van der Waals surface area contributed by atoms with Crippen LogP contribution in [-0.2, 0) is 11.3 Å². The monoisotopic (exact) mass is 479 g/mol. The highest BCUT2D eigenvalue weighted by atomic mass is 19.1. The minimum Gasteiger partial charge on any atom is -0.497 e. The van der Waals surface area contributed by atoms with Crippen molar-refractivity contribution in [1.82, 2.24) is 9.13 Å². The molecule has 0 spiro atoms. The van der Waals surface area contributed by atoms with Crippen LogP contribution in [0.15, 0.2) is 70.3 Å². The molecule has 0 radical (unpaired) electrons. The first-order valence-electron chi connectivity index (χ1n) is 10.5. The quantitative estimate of drug-likeness (QED) is 0.438. The van der Waals surface area contributed by atoms with Crippen molar-refractivity contribution in [2.24, 2.45) is 0 Å². The maximum atomic E-state index is 13.6. The van der Waals surface area contributed by atoms with Gasteiger partial charge in [-0.15, -0.1) is 0 Å². The summed E-state index contributed by atoms with van der Waals surface area (Å²) in [6.45, 7) is -0.424. The van der Waals surface area contributed by atoms with Crippen molar-refractivity contribution in [2.75, 3.05) is 26.6 Å². The number of halogens is 1. The van der Waals surface area contributed by atoms with Gasteiger partial charge in [0.2, 0.25) is 5.91 Å². The van der Waals surface area contributed by atoms with Crippen LogP contribution in [0.1, 0.15) is 0 Å². The van der Waals surface area contributed by atoms with Crippen molar-refractivity contribution in [3.8, 4) is 22.9 Å². The number of hydrogen-bond donors (Lipinski definition) is 1. The number of amides is 1. The highest BCUT2D eigenvalue weighted by molar-refractivity contribution is 5.92. The van der Waals surface area contributed by atoms with E-state index in [4.69, 9.17) is 14.2 Å². The van der Waals surface area contributed by atoms with E-state index in [1.165, 1.54) is 63.8 Å². The third-order valence-corrected chi connectivity index (χ3v) is 5.39. The van der Waals surface area contributed by atoms with E-state index >= 15 is 0 Å². The van der Waals surface area contributed by atoms with Gasteiger partial charge in [-0.3, -0.25) is 14.2 Å². The number of benzene rings is 3. The van der Waals surface area contributed by atoms with Gasteiger partial charge in [0.05, 0.1) is 37.9 Å². The molecule has 4 aromatic rings. The van der Waals surface area contributed by atoms with Crippen LogP contribution >= 0.6 is 0 Å². The first kappa shape index (κ1) is 23.6. The lowest BCUT2D eigenvalue weighted by Gasteiger charge is -2.16. The minimum atomic E-state index is -0.739. The van der Waals surface area contributed by atoms with Crippen molar-refractivity contribution >= 4 is 22.5 Å². The summed E-state index contributed by atoms with van der Waals surface area (Å²) in [7, 11) is 4.32. The number of methoxy groups -OCH3 is 3. The first-order chi connectivity index (χ1) is 16.9. The van der Waals surface area contributed by atoms with Gasteiger partial charge in [-0.05, 0) is 42.5 Å². The van der Waals surface area contributed by atoms with Crippen molar-refractivity contribution in [1.29, 1.82) is 0 Å². The number of anilines is 1. The first-order valence-corrected chi connectivity index (χ1v) is 10.5. The van der Waals surface area contributed by atoms with E-state index in [9.17, 15) is 18.8 Å². The van der Waals surface area contributed by atoms with E-state index in [0.29, 0.717) is 11.4 Å². The van der Waals surface area contributed by atoms with Crippen LogP contribution in [0.4, 0.5) is 10.1 Å². The SMILES string of the molecule is COc1cccc(-n2c(=O)c3cc(OC)c(OC)cc3n(CC(=O)Nc3ccc(F)cc3)c2=O)c1. The molecule has 0 aliphatic carbocycles. The van der Waals surface area contributed by atoms with Gasteiger partial charge >= 0.3 is 5.69 Å². The molecule has 4 rings (SSSR count). The lowest BCUT2D eigenvalue weighted by molar-refractivity contribution is -0.116. The molecule has 35 heavy (non-hydrogen) atoms. The molecule has 3 aromatic carbocycles. The predicted octanol–water partition coefficient (Wildman–Crippen LogP) is 2.96. The fourth-order valence-corrected chi connectivity index (χ4v) is 3.70. The third kappa shape index (κ3) is 4.58. The molecule has 10 heteroatoms. The van der Waals surface area contributed by atoms with Gasteiger partial charge in [-0.1, -0.05) is 6.07 Å². The van der Waals surface area contributed by atoms with E-state index in [1.54, 1.807) is 18.2 Å². The Hall–Kier alpha value is -4.60. The zero-order valence-corrected chi connectivity index (χ0v) is 19.2. The van der Waals surface area contributed by atoms with Crippen molar-refractivity contribution in [2.45, 2.75) is 6.54 Å². The molecule has 0 aliphatic heterocycles. The Morgan fingerprint density at radius 1 is 0.914 bits per heavy atom. The Balaban J connectivity index is 1.92. The highest BCUT2D eigenvalue weighted by Crippen LogP contribution is 2.30. The summed E-state index contributed by atoms with van der Waals surface area (Å²) in [6.07, 6.45) is 0. The van der Waals surface area contributed by atoms with Gasteiger partial charge in [0.1, 0.15) is 18.1 Å². The average Bonchev–Trinajstić information content (AvgIpc) is 2.87. The number of hydrogen-bond acceptors (Lipinski definition) is 6. The summed E-state index contributed by atoms with van der Waals surface area (Å²) < 4.78 is 31.2. The molecule has 1 heterocycles. The van der Waals surface area contributed by atoms with Gasteiger partial charge in [-0.2, -0.15) is 0 Å². The minimum absolute atomic E-state index is 0.139. The second kappa shape index (κ2) is 9.72. The maximum absolute atomic E-state index is 13.6. The topological polar surface area (TPSA) is 101 Å². The van der Waals surface area contributed by atoms with Crippen molar-refractivity contribution in [3.63, 3.8) is 0 Å². The number of fused-ring (bicyclic) bond motifs is 1. The molecule has 9 nitrogen and oxygen atoms in total. The Morgan fingerprint density at radius 3 is 2.26 bits per heavy atom. The summed E-state index contributed by atoms with van der Waals surface area (Å²) in [5.41, 5.74) is -0.532. The molecule has 180 valence electrons. The van der Waals surface area contributed by atoms with Gasteiger partial charge in [0.15, 0.2) is 11.5 Å². The van der Waals surface area contributed by atoms with Crippen molar-refractivity contribution < 1.29 is 23.4 Å². The number of rotatable bonds is 7. The summed E-state index contributed by atoms with van der Waals surface area (Å²) in [5, 5.41) is 2.76. The molecule has 1 amide bonds. The van der Waals surface area contributed by atoms with E-state index in [0.717, 1.165) is 9.13 Å². The lowest BCUT2D eigenvalue weighted by atomic mass is 10.2. The highest BCUT2D eigenvalue weighted by Gasteiger charge is 2.20. The molecule has 0 unspecified atom stereocenters. The number of nitrogens with zero attached hydrogens (tertiary/aromatic N) is 2. The molecule has 0 atom stereocenters. The largest absolute Gasteiger partial charge is 0.497 e. The molecule has 0 aliphatic rings. The number of carbonyl (C=O) groups excluding carboxylic acids is 1. The Labute approximate surface area is 198 Å². The van der Waals surface area contributed by atoms with Crippen LogP contribution in [-0.4, -0.2) is 36.4 Å². The van der Waals surface area contributed by atoms with Crippen LogP contribution < -0.4 is 30.8 Å². The number of carbonyl (C=O) groups is 1. The molecular formula is C25H22FN3O6.